The summed E-state index contributed by atoms with van der Waals surface area (Å²) in [6.07, 6.45) is 2.13. The molecule has 0 radical (unpaired) electrons. The minimum atomic E-state index is -0.414. The van der Waals surface area contributed by atoms with Crippen LogP contribution in [0.2, 0.25) is 0 Å². The Bertz CT molecular complexity index is 666. The van der Waals surface area contributed by atoms with E-state index in [1.807, 2.05) is 18.2 Å². The van der Waals surface area contributed by atoms with Crippen molar-refractivity contribution < 1.29 is 9.66 Å². The number of hydrogen-bond donors (Lipinski definition) is 1. The molecule has 0 spiro atoms. The normalized spacial score (nSPS) is 17.4. The first kappa shape index (κ1) is 14.5. The Kier molecular flexibility index (Phi) is 4.34. The van der Waals surface area contributed by atoms with Crippen molar-refractivity contribution in [3.05, 3.63) is 64.2 Å². The van der Waals surface area contributed by atoms with Crippen molar-refractivity contribution in [2.24, 2.45) is 5.92 Å². The van der Waals surface area contributed by atoms with Crippen LogP contribution in [0.3, 0.4) is 0 Å². The predicted octanol–water partition coefficient (Wildman–Crippen LogP) is 3.54. The van der Waals surface area contributed by atoms with Gasteiger partial charge in [-0.1, -0.05) is 24.3 Å². The average Bonchev–Trinajstić information content (AvgIpc) is 3.02. The van der Waals surface area contributed by atoms with Crippen LogP contribution in [0, 0.1) is 16.0 Å². The fourth-order valence-corrected chi connectivity index (χ4v) is 2.76. The molecular weight excluding hydrogens is 280 g/mol. The third kappa shape index (κ3) is 3.43. The van der Waals surface area contributed by atoms with Gasteiger partial charge in [0.1, 0.15) is 11.5 Å². The number of rotatable bonds is 5. The Balaban J connectivity index is 1.79. The largest absolute Gasteiger partial charge is 0.457 e. The molecule has 1 heterocycles. The summed E-state index contributed by atoms with van der Waals surface area (Å²) in [6, 6.07) is 14.2. The molecule has 3 rings (SSSR count). The molecule has 0 aliphatic carbocycles. The van der Waals surface area contributed by atoms with E-state index in [9.17, 15) is 10.1 Å². The van der Waals surface area contributed by atoms with Crippen molar-refractivity contribution in [3.63, 3.8) is 0 Å². The molecule has 1 saturated heterocycles. The maximum atomic E-state index is 10.8. The lowest BCUT2D eigenvalue weighted by molar-refractivity contribution is -0.384. The number of nitrogens with zero attached hydrogens (tertiary/aromatic N) is 1. The first-order valence-electron chi connectivity index (χ1n) is 7.43. The number of nitrogens with one attached hydrogen (secondary N) is 1. The third-order valence-corrected chi connectivity index (χ3v) is 3.90. The molecular formula is C17H18N2O3. The minimum Gasteiger partial charge on any atom is -0.457 e. The Morgan fingerprint density at radius 2 is 2.09 bits per heavy atom. The van der Waals surface area contributed by atoms with Gasteiger partial charge < -0.3 is 10.1 Å². The van der Waals surface area contributed by atoms with Crippen molar-refractivity contribution in [2.45, 2.75) is 12.8 Å². The van der Waals surface area contributed by atoms with Gasteiger partial charge in [0.2, 0.25) is 0 Å². The van der Waals surface area contributed by atoms with E-state index in [2.05, 4.69) is 11.4 Å². The Hall–Kier alpha value is -2.40. The quantitative estimate of drug-likeness (QED) is 0.677. The molecule has 0 saturated carbocycles. The fourth-order valence-electron chi connectivity index (χ4n) is 2.76. The lowest BCUT2D eigenvalue weighted by atomic mass is 9.98. The van der Waals surface area contributed by atoms with E-state index in [-0.39, 0.29) is 5.69 Å². The van der Waals surface area contributed by atoms with Crippen molar-refractivity contribution in [3.8, 4) is 11.5 Å². The highest BCUT2D eigenvalue weighted by Crippen LogP contribution is 2.30. The van der Waals surface area contributed by atoms with Crippen molar-refractivity contribution >= 4 is 5.69 Å². The van der Waals surface area contributed by atoms with Gasteiger partial charge in [-0.3, -0.25) is 10.1 Å². The standard InChI is InChI=1S/C17H18N2O3/c20-19(21)15-5-3-6-16(11-15)22-17-7-2-1-4-14(17)10-13-8-9-18-12-13/h1-7,11,13,18H,8-10,12H2. The molecule has 0 aromatic heterocycles. The monoisotopic (exact) mass is 298 g/mol. The maximum Gasteiger partial charge on any atom is 0.273 e. The summed E-state index contributed by atoms with van der Waals surface area (Å²) < 4.78 is 5.89. The Morgan fingerprint density at radius 3 is 2.86 bits per heavy atom. The van der Waals surface area contributed by atoms with E-state index in [1.54, 1.807) is 12.1 Å². The van der Waals surface area contributed by atoms with Crippen molar-refractivity contribution in [2.75, 3.05) is 13.1 Å². The lowest BCUT2D eigenvalue weighted by Crippen LogP contribution is -2.11. The van der Waals surface area contributed by atoms with Crippen LogP contribution in [-0.2, 0) is 6.42 Å². The van der Waals surface area contributed by atoms with Crippen molar-refractivity contribution in [1.82, 2.24) is 5.32 Å². The summed E-state index contributed by atoms with van der Waals surface area (Å²) in [4.78, 5) is 10.4. The summed E-state index contributed by atoms with van der Waals surface area (Å²) in [5.74, 6) is 1.89. The average molecular weight is 298 g/mol. The van der Waals surface area contributed by atoms with Crippen LogP contribution in [0.15, 0.2) is 48.5 Å². The Labute approximate surface area is 129 Å². The van der Waals surface area contributed by atoms with Crippen LogP contribution >= 0.6 is 0 Å². The minimum absolute atomic E-state index is 0.0370. The summed E-state index contributed by atoms with van der Waals surface area (Å²) >= 11 is 0. The molecule has 1 fully saturated rings. The molecule has 5 heteroatoms. The highest BCUT2D eigenvalue weighted by molar-refractivity contribution is 5.42. The number of nitro groups is 1. The molecule has 5 nitrogen and oxygen atoms in total. The zero-order valence-electron chi connectivity index (χ0n) is 12.2. The van der Waals surface area contributed by atoms with Gasteiger partial charge in [0.25, 0.3) is 5.69 Å². The molecule has 114 valence electrons. The van der Waals surface area contributed by atoms with Gasteiger partial charge in [0, 0.05) is 6.07 Å². The number of non-ortho nitro benzene ring substituents is 1. The van der Waals surface area contributed by atoms with Crippen LogP contribution in [0.4, 0.5) is 5.69 Å². The van der Waals surface area contributed by atoms with Crippen LogP contribution in [0.1, 0.15) is 12.0 Å². The van der Waals surface area contributed by atoms with E-state index >= 15 is 0 Å². The first-order chi connectivity index (χ1) is 10.7. The van der Waals surface area contributed by atoms with E-state index < -0.39 is 4.92 Å². The Morgan fingerprint density at radius 1 is 1.23 bits per heavy atom. The van der Waals surface area contributed by atoms with Crippen LogP contribution in [0.5, 0.6) is 11.5 Å². The lowest BCUT2D eigenvalue weighted by Gasteiger charge is -2.14. The van der Waals surface area contributed by atoms with E-state index in [4.69, 9.17) is 4.74 Å². The number of hydrogen-bond acceptors (Lipinski definition) is 4. The second kappa shape index (κ2) is 6.58. The fraction of sp³-hybridized carbons (Fsp3) is 0.294. The van der Waals surface area contributed by atoms with Gasteiger partial charge in [0.05, 0.1) is 11.0 Å². The van der Waals surface area contributed by atoms with Gasteiger partial charge in [-0.25, -0.2) is 0 Å². The maximum absolute atomic E-state index is 10.8. The summed E-state index contributed by atoms with van der Waals surface area (Å²) in [6.45, 7) is 2.10. The zero-order chi connectivity index (χ0) is 15.4. The second-order valence-corrected chi connectivity index (χ2v) is 5.53. The van der Waals surface area contributed by atoms with E-state index in [0.717, 1.165) is 30.8 Å². The van der Waals surface area contributed by atoms with E-state index in [1.165, 1.54) is 18.6 Å². The zero-order valence-corrected chi connectivity index (χ0v) is 12.2. The number of nitro benzene ring substituents is 1. The summed E-state index contributed by atoms with van der Waals surface area (Å²) in [7, 11) is 0. The number of benzene rings is 2. The van der Waals surface area contributed by atoms with Gasteiger partial charge in [-0.05, 0) is 49.5 Å². The summed E-state index contributed by atoms with van der Waals surface area (Å²) in [5.41, 5.74) is 1.18. The predicted molar refractivity (Wildman–Crippen MR) is 84.3 cm³/mol. The molecule has 1 aliphatic rings. The van der Waals surface area contributed by atoms with E-state index in [0.29, 0.717) is 11.7 Å². The molecule has 1 aliphatic heterocycles. The molecule has 22 heavy (non-hydrogen) atoms. The smallest absolute Gasteiger partial charge is 0.273 e. The van der Waals surface area contributed by atoms with Gasteiger partial charge in [-0.2, -0.15) is 0 Å². The van der Waals surface area contributed by atoms with Crippen LogP contribution in [-0.4, -0.2) is 18.0 Å². The first-order valence-corrected chi connectivity index (χ1v) is 7.43. The molecule has 2 aromatic rings. The van der Waals surface area contributed by atoms with Crippen LogP contribution in [0.25, 0.3) is 0 Å². The highest BCUT2D eigenvalue weighted by Gasteiger charge is 2.17. The van der Waals surface area contributed by atoms with Crippen LogP contribution < -0.4 is 10.1 Å². The third-order valence-electron chi connectivity index (χ3n) is 3.90. The second-order valence-electron chi connectivity index (χ2n) is 5.53. The number of ether oxygens (including phenoxy) is 1. The molecule has 2 aromatic carbocycles. The molecule has 0 amide bonds. The molecule has 0 bridgehead atoms. The number of para-hydroxylation sites is 1. The molecule has 1 N–H and O–H groups in total. The van der Waals surface area contributed by atoms with Gasteiger partial charge in [0.15, 0.2) is 0 Å². The highest BCUT2D eigenvalue weighted by atomic mass is 16.6. The SMILES string of the molecule is O=[N+]([O-])c1cccc(Oc2ccccc2CC2CCNC2)c1. The van der Waals surface area contributed by atoms with Crippen molar-refractivity contribution in [1.29, 1.82) is 0 Å². The van der Waals surface area contributed by atoms with Gasteiger partial charge >= 0.3 is 0 Å². The summed E-state index contributed by atoms with van der Waals surface area (Å²) in [5, 5.41) is 14.2. The van der Waals surface area contributed by atoms with Gasteiger partial charge in [-0.15, -0.1) is 0 Å². The molecule has 1 atom stereocenters. The topological polar surface area (TPSA) is 64.4 Å². The molecule has 1 unspecified atom stereocenters.